The van der Waals surface area contributed by atoms with Crippen LogP contribution in [-0.2, 0) is 10.2 Å². The molecule has 0 bridgehead atoms. The van der Waals surface area contributed by atoms with E-state index in [9.17, 15) is 0 Å². The standard InChI is InChI=1S/C14H20ClNO/c1-17-10-9-16-11-14(7-4-8-14)12-5-2-3-6-13(12)15/h2-3,5-6,16H,4,7-11H2,1H3. The van der Waals surface area contributed by atoms with Crippen LogP contribution in [0.4, 0.5) is 0 Å². The van der Waals surface area contributed by atoms with Gasteiger partial charge in [0.1, 0.15) is 0 Å². The zero-order chi connectivity index (χ0) is 12.1. The minimum atomic E-state index is 0.256. The second-order valence-electron chi connectivity index (χ2n) is 4.78. The predicted molar refractivity (Wildman–Crippen MR) is 71.7 cm³/mol. The molecule has 17 heavy (non-hydrogen) atoms. The number of halogens is 1. The molecule has 0 aliphatic heterocycles. The van der Waals surface area contributed by atoms with Crippen molar-refractivity contribution in [2.45, 2.75) is 24.7 Å². The number of ether oxygens (including phenoxy) is 1. The van der Waals surface area contributed by atoms with Crippen LogP contribution < -0.4 is 5.32 Å². The van der Waals surface area contributed by atoms with Crippen molar-refractivity contribution < 1.29 is 4.74 Å². The largest absolute Gasteiger partial charge is 0.383 e. The molecule has 2 nitrogen and oxygen atoms in total. The summed E-state index contributed by atoms with van der Waals surface area (Å²) in [6.45, 7) is 2.67. The van der Waals surface area contributed by atoms with Crippen LogP contribution >= 0.6 is 11.6 Å². The summed E-state index contributed by atoms with van der Waals surface area (Å²) < 4.78 is 5.05. The van der Waals surface area contributed by atoms with Gasteiger partial charge in [-0.05, 0) is 24.5 Å². The molecule has 94 valence electrons. The topological polar surface area (TPSA) is 21.3 Å². The summed E-state index contributed by atoms with van der Waals surface area (Å²) in [7, 11) is 1.73. The Bertz CT molecular complexity index is 363. The highest BCUT2D eigenvalue weighted by Gasteiger charge is 2.39. The lowest BCUT2D eigenvalue weighted by Gasteiger charge is -2.43. The fourth-order valence-electron chi connectivity index (χ4n) is 2.54. The van der Waals surface area contributed by atoms with Crippen LogP contribution in [0.15, 0.2) is 24.3 Å². The van der Waals surface area contributed by atoms with Crippen LogP contribution in [0.1, 0.15) is 24.8 Å². The van der Waals surface area contributed by atoms with Crippen LogP contribution in [0.5, 0.6) is 0 Å². The molecule has 0 atom stereocenters. The molecule has 0 saturated heterocycles. The van der Waals surface area contributed by atoms with E-state index in [2.05, 4.69) is 17.4 Å². The van der Waals surface area contributed by atoms with Crippen molar-refractivity contribution in [1.82, 2.24) is 5.32 Å². The quantitative estimate of drug-likeness (QED) is 0.787. The van der Waals surface area contributed by atoms with E-state index in [4.69, 9.17) is 16.3 Å². The highest BCUT2D eigenvalue weighted by molar-refractivity contribution is 6.31. The van der Waals surface area contributed by atoms with Gasteiger partial charge in [-0.1, -0.05) is 36.2 Å². The van der Waals surface area contributed by atoms with E-state index in [1.54, 1.807) is 7.11 Å². The van der Waals surface area contributed by atoms with Gasteiger partial charge in [0.15, 0.2) is 0 Å². The average Bonchev–Trinajstić information content (AvgIpc) is 2.29. The minimum Gasteiger partial charge on any atom is -0.383 e. The molecule has 1 aromatic carbocycles. The van der Waals surface area contributed by atoms with E-state index in [-0.39, 0.29) is 5.41 Å². The van der Waals surface area contributed by atoms with Crippen molar-refractivity contribution in [1.29, 1.82) is 0 Å². The molecule has 0 heterocycles. The molecule has 0 spiro atoms. The third-order valence-corrected chi connectivity index (χ3v) is 4.03. The number of nitrogens with one attached hydrogen (secondary N) is 1. The maximum Gasteiger partial charge on any atom is 0.0587 e. The summed E-state index contributed by atoms with van der Waals surface area (Å²) >= 11 is 6.31. The molecular weight excluding hydrogens is 234 g/mol. The first-order valence-electron chi connectivity index (χ1n) is 6.23. The number of benzene rings is 1. The molecule has 0 radical (unpaired) electrons. The fourth-order valence-corrected chi connectivity index (χ4v) is 2.87. The van der Waals surface area contributed by atoms with Gasteiger partial charge in [-0.25, -0.2) is 0 Å². The van der Waals surface area contributed by atoms with Gasteiger partial charge < -0.3 is 10.1 Å². The van der Waals surface area contributed by atoms with Crippen LogP contribution in [0.2, 0.25) is 5.02 Å². The Labute approximate surface area is 108 Å². The third-order valence-electron chi connectivity index (χ3n) is 3.70. The molecular formula is C14H20ClNO. The van der Waals surface area contributed by atoms with Gasteiger partial charge in [0, 0.05) is 30.6 Å². The molecule has 1 aliphatic carbocycles. The number of hydrogen-bond acceptors (Lipinski definition) is 2. The van der Waals surface area contributed by atoms with Gasteiger partial charge in [0.05, 0.1) is 6.61 Å². The van der Waals surface area contributed by atoms with Crippen molar-refractivity contribution in [3.63, 3.8) is 0 Å². The Balaban J connectivity index is 2.02. The Kier molecular flexibility index (Phi) is 4.43. The van der Waals surface area contributed by atoms with Crippen LogP contribution in [0.3, 0.4) is 0 Å². The molecule has 1 saturated carbocycles. The van der Waals surface area contributed by atoms with E-state index in [1.807, 2.05) is 12.1 Å². The summed E-state index contributed by atoms with van der Waals surface area (Å²) in [5.74, 6) is 0. The second-order valence-corrected chi connectivity index (χ2v) is 5.19. The molecule has 1 aliphatic rings. The summed E-state index contributed by atoms with van der Waals surface area (Å²) in [6.07, 6.45) is 3.77. The zero-order valence-electron chi connectivity index (χ0n) is 10.3. The van der Waals surface area contributed by atoms with Gasteiger partial charge in [-0.15, -0.1) is 0 Å². The second kappa shape index (κ2) is 5.85. The van der Waals surface area contributed by atoms with E-state index >= 15 is 0 Å². The van der Waals surface area contributed by atoms with Gasteiger partial charge in [0.25, 0.3) is 0 Å². The fraction of sp³-hybridized carbons (Fsp3) is 0.571. The first-order valence-corrected chi connectivity index (χ1v) is 6.61. The van der Waals surface area contributed by atoms with Crippen LogP contribution in [0, 0.1) is 0 Å². The van der Waals surface area contributed by atoms with Gasteiger partial charge >= 0.3 is 0 Å². The third kappa shape index (κ3) is 2.82. The molecule has 0 unspecified atom stereocenters. The SMILES string of the molecule is COCCNCC1(c2ccccc2Cl)CCC1. The normalized spacial score (nSPS) is 17.8. The Morgan fingerprint density at radius 3 is 2.71 bits per heavy atom. The molecule has 0 amide bonds. The van der Waals surface area contributed by atoms with E-state index < -0.39 is 0 Å². The van der Waals surface area contributed by atoms with Crippen molar-refractivity contribution in [3.05, 3.63) is 34.9 Å². The number of rotatable bonds is 6. The van der Waals surface area contributed by atoms with Crippen molar-refractivity contribution in [2.24, 2.45) is 0 Å². The Morgan fingerprint density at radius 2 is 2.12 bits per heavy atom. The molecule has 3 heteroatoms. The van der Waals surface area contributed by atoms with Crippen molar-refractivity contribution >= 4 is 11.6 Å². The maximum atomic E-state index is 6.31. The predicted octanol–water partition coefficient (Wildman–Crippen LogP) is 3.00. The lowest BCUT2D eigenvalue weighted by Crippen LogP contribution is -2.44. The minimum absolute atomic E-state index is 0.256. The summed E-state index contributed by atoms with van der Waals surface area (Å²) in [5, 5.41) is 4.37. The average molecular weight is 254 g/mol. The van der Waals surface area contributed by atoms with Crippen LogP contribution in [0.25, 0.3) is 0 Å². The van der Waals surface area contributed by atoms with E-state index in [0.717, 1.165) is 24.7 Å². The summed E-state index contributed by atoms with van der Waals surface area (Å²) in [5.41, 5.74) is 1.56. The Morgan fingerprint density at radius 1 is 1.35 bits per heavy atom. The molecule has 1 aromatic rings. The van der Waals surface area contributed by atoms with Crippen molar-refractivity contribution in [3.8, 4) is 0 Å². The zero-order valence-corrected chi connectivity index (χ0v) is 11.1. The lowest BCUT2D eigenvalue weighted by molar-refractivity contribution is 0.185. The maximum absolute atomic E-state index is 6.31. The van der Waals surface area contributed by atoms with Gasteiger partial charge in [-0.3, -0.25) is 0 Å². The van der Waals surface area contributed by atoms with Crippen LogP contribution in [-0.4, -0.2) is 26.8 Å². The smallest absolute Gasteiger partial charge is 0.0587 e. The highest BCUT2D eigenvalue weighted by Crippen LogP contribution is 2.45. The number of methoxy groups -OCH3 is 1. The van der Waals surface area contributed by atoms with Gasteiger partial charge in [-0.2, -0.15) is 0 Å². The monoisotopic (exact) mass is 253 g/mol. The molecule has 0 aromatic heterocycles. The summed E-state index contributed by atoms with van der Waals surface area (Å²) in [4.78, 5) is 0. The first-order chi connectivity index (χ1) is 8.28. The lowest BCUT2D eigenvalue weighted by atomic mass is 9.64. The van der Waals surface area contributed by atoms with Gasteiger partial charge in [0.2, 0.25) is 0 Å². The molecule has 1 fully saturated rings. The number of hydrogen-bond donors (Lipinski definition) is 1. The van der Waals surface area contributed by atoms with E-state index in [0.29, 0.717) is 0 Å². The molecule has 1 N–H and O–H groups in total. The summed E-state index contributed by atoms with van der Waals surface area (Å²) in [6, 6.07) is 8.23. The highest BCUT2D eigenvalue weighted by atomic mass is 35.5. The van der Waals surface area contributed by atoms with Crippen molar-refractivity contribution in [2.75, 3.05) is 26.8 Å². The Hall–Kier alpha value is -0.570. The first kappa shape index (κ1) is 12.9. The van der Waals surface area contributed by atoms with E-state index in [1.165, 1.54) is 24.8 Å². The molecule has 2 rings (SSSR count).